The zero-order chi connectivity index (χ0) is 11.5. The van der Waals surface area contributed by atoms with Gasteiger partial charge in [0.1, 0.15) is 5.82 Å². The first-order chi connectivity index (χ1) is 8.42. The average molecular weight is 234 g/mol. The Morgan fingerprint density at radius 1 is 1.06 bits per heavy atom. The van der Waals surface area contributed by atoms with Gasteiger partial charge in [0.05, 0.1) is 0 Å². The number of aromatic nitrogens is 3. The minimum Gasteiger partial charge on any atom is -0.314 e. The van der Waals surface area contributed by atoms with Crippen LogP contribution >= 0.6 is 0 Å². The van der Waals surface area contributed by atoms with Gasteiger partial charge in [-0.2, -0.15) is 5.10 Å². The van der Waals surface area contributed by atoms with E-state index in [1.54, 1.807) is 0 Å². The van der Waals surface area contributed by atoms with E-state index in [1.807, 2.05) is 0 Å². The molecule has 1 aromatic heterocycles. The number of nitrogens with zero attached hydrogens (tertiary/aromatic N) is 2. The van der Waals surface area contributed by atoms with Gasteiger partial charge in [-0.25, -0.2) is 4.98 Å². The highest BCUT2D eigenvalue weighted by Crippen LogP contribution is 2.30. The summed E-state index contributed by atoms with van der Waals surface area (Å²) >= 11 is 0. The third-order valence-electron chi connectivity index (χ3n) is 4.12. The summed E-state index contributed by atoms with van der Waals surface area (Å²) in [5, 5.41) is 11.1. The molecule has 1 aliphatic carbocycles. The molecule has 2 heterocycles. The van der Waals surface area contributed by atoms with Crippen molar-refractivity contribution in [1.82, 2.24) is 20.5 Å². The SMILES string of the molecule is C1CCC(c2n[nH]c(CC3CCCN3)n2)CC1. The largest absolute Gasteiger partial charge is 0.314 e. The third-order valence-corrected chi connectivity index (χ3v) is 4.12. The van der Waals surface area contributed by atoms with E-state index in [-0.39, 0.29) is 0 Å². The molecule has 0 radical (unpaired) electrons. The van der Waals surface area contributed by atoms with Gasteiger partial charge in [0, 0.05) is 18.4 Å². The van der Waals surface area contributed by atoms with Gasteiger partial charge in [0.25, 0.3) is 0 Å². The minimum atomic E-state index is 0.613. The summed E-state index contributed by atoms with van der Waals surface area (Å²) in [5.74, 6) is 2.76. The highest BCUT2D eigenvalue weighted by Gasteiger charge is 2.21. The molecule has 1 saturated carbocycles. The maximum atomic E-state index is 4.69. The van der Waals surface area contributed by atoms with E-state index in [0.29, 0.717) is 12.0 Å². The van der Waals surface area contributed by atoms with E-state index >= 15 is 0 Å². The Balaban J connectivity index is 1.60. The number of H-pyrrole nitrogens is 1. The molecule has 1 aromatic rings. The minimum absolute atomic E-state index is 0.613. The molecule has 1 aliphatic heterocycles. The predicted octanol–water partition coefficient (Wildman–Crippen LogP) is 2.15. The van der Waals surface area contributed by atoms with Crippen LogP contribution in [-0.2, 0) is 6.42 Å². The second-order valence-corrected chi connectivity index (χ2v) is 5.47. The smallest absolute Gasteiger partial charge is 0.153 e. The van der Waals surface area contributed by atoms with Gasteiger partial charge in [-0.3, -0.25) is 5.10 Å². The second-order valence-electron chi connectivity index (χ2n) is 5.47. The van der Waals surface area contributed by atoms with Crippen molar-refractivity contribution in [1.29, 1.82) is 0 Å². The van der Waals surface area contributed by atoms with Crippen molar-refractivity contribution in [2.24, 2.45) is 0 Å². The number of nitrogens with one attached hydrogen (secondary N) is 2. The Hall–Kier alpha value is -0.900. The van der Waals surface area contributed by atoms with Crippen molar-refractivity contribution >= 4 is 0 Å². The fourth-order valence-corrected chi connectivity index (χ4v) is 3.11. The molecular weight excluding hydrogens is 212 g/mol. The maximum absolute atomic E-state index is 4.69. The van der Waals surface area contributed by atoms with Gasteiger partial charge in [-0.1, -0.05) is 19.3 Å². The summed E-state index contributed by atoms with van der Waals surface area (Å²) in [5.41, 5.74) is 0. The molecule has 0 spiro atoms. The molecule has 2 N–H and O–H groups in total. The van der Waals surface area contributed by atoms with E-state index in [4.69, 9.17) is 4.98 Å². The molecule has 1 saturated heterocycles. The summed E-state index contributed by atoms with van der Waals surface area (Å²) in [7, 11) is 0. The van der Waals surface area contributed by atoms with E-state index in [9.17, 15) is 0 Å². The lowest BCUT2D eigenvalue weighted by Crippen LogP contribution is -2.24. The first-order valence-electron chi connectivity index (χ1n) is 7.06. The predicted molar refractivity (Wildman–Crippen MR) is 66.9 cm³/mol. The van der Waals surface area contributed by atoms with Crippen LogP contribution in [0, 0.1) is 0 Å². The van der Waals surface area contributed by atoms with E-state index < -0.39 is 0 Å². The summed E-state index contributed by atoms with van der Waals surface area (Å²) in [6, 6.07) is 0.613. The number of hydrogen-bond acceptors (Lipinski definition) is 3. The van der Waals surface area contributed by atoms with Crippen LogP contribution in [-0.4, -0.2) is 27.8 Å². The van der Waals surface area contributed by atoms with Gasteiger partial charge >= 0.3 is 0 Å². The molecular formula is C13H22N4. The van der Waals surface area contributed by atoms with Gasteiger partial charge in [-0.05, 0) is 32.2 Å². The highest BCUT2D eigenvalue weighted by atomic mass is 15.2. The van der Waals surface area contributed by atoms with Crippen LogP contribution in [0.15, 0.2) is 0 Å². The Morgan fingerprint density at radius 2 is 1.94 bits per heavy atom. The van der Waals surface area contributed by atoms with Crippen molar-refractivity contribution in [3.05, 3.63) is 11.6 Å². The lowest BCUT2D eigenvalue weighted by molar-refractivity contribution is 0.429. The van der Waals surface area contributed by atoms with Crippen LogP contribution in [0.25, 0.3) is 0 Å². The molecule has 2 aliphatic rings. The molecule has 1 unspecified atom stereocenters. The van der Waals surface area contributed by atoms with Gasteiger partial charge in [0.2, 0.25) is 0 Å². The van der Waals surface area contributed by atoms with Gasteiger partial charge in [0.15, 0.2) is 5.82 Å². The van der Waals surface area contributed by atoms with E-state index in [1.165, 1.54) is 44.9 Å². The summed E-state index contributed by atoms with van der Waals surface area (Å²) in [4.78, 5) is 4.69. The zero-order valence-corrected chi connectivity index (χ0v) is 10.4. The van der Waals surface area contributed by atoms with Crippen LogP contribution in [0.1, 0.15) is 62.5 Å². The number of hydrogen-bond donors (Lipinski definition) is 2. The summed E-state index contributed by atoms with van der Waals surface area (Å²) in [6.07, 6.45) is 10.2. The molecule has 94 valence electrons. The quantitative estimate of drug-likeness (QED) is 0.842. The van der Waals surface area contributed by atoms with Crippen LogP contribution in [0.3, 0.4) is 0 Å². The molecule has 3 rings (SSSR count). The first-order valence-corrected chi connectivity index (χ1v) is 7.06. The summed E-state index contributed by atoms with van der Waals surface area (Å²) < 4.78 is 0. The monoisotopic (exact) mass is 234 g/mol. The summed E-state index contributed by atoms with van der Waals surface area (Å²) in [6.45, 7) is 1.16. The fourth-order valence-electron chi connectivity index (χ4n) is 3.11. The van der Waals surface area contributed by atoms with Crippen molar-refractivity contribution in [2.75, 3.05) is 6.54 Å². The molecule has 2 fully saturated rings. The van der Waals surface area contributed by atoms with Crippen molar-refractivity contribution < 1.29 is 0 Å². The van der Waals surface area contributed by atoms with E-state index in [0.717, 1.165) is 24.6 Å². The molecule has 0 aromatic carbocycles. The number of aromatic amines is 1. The van der Waals surface area contributed by atoms with Crippen molar-refractivity contribution in [3.8, 4) is 0 Å². The zero-order valence-electron chi connectivity index (χ0n) is 10.4. The van der Waals surface area contributed by atoms with Crippen LogP contribution < -0.4 is 5.32 Å². The third kappa shape index (κ3) is 2.68. The van der Waals surface area contributed by atoms with Gasteiger partial charge in [-0.15, -0.1) is 0 Å². The molecule has 1 atom stereocenters. The average Bonchev–Trinajstić information content (AvgIpc) is 3.02. The molecule has 0 bridgehead atoms. The lowest BCUT2D eigenvalue weighted by atomic mass is 9.89. The first kappa shape index (κ1) is 11.2. The van der Waals surface area contributed by atoms with Crippen molar-refractivity contribution in [2.45, 2.75) is 63.3 Å². The van der Waals surface area contributed by atoms with E-state index in [2.05, 4.69) is 15.5 Å². The Morgan fingerprint density at radius 3 is 2.71 bits per heavy atom. The molecule has 4 nitrogen and oxygen atoms in total. The van der Waals surface area contributed by atoms with Gasteiger partial charge < -0.3 is 5.32 Å². The molecule has 17 heavy (non-hydrogen) atoms. The fraction of sp³-hybridized carbons (Fsp3) is 0.846. The lowest BCUT2D eigenvalue weighted by Gasteiger charge is -2.18. The maximum Gasteiger partial charge on any atom is 0.153 e. The van der Waals surface area contributed by atoms with Crippen LogP contribution in [0.4, 0.5) is 0 Å². The topological polar surface area (TPSA) is 53.6 Å². The molecule has 0 amide bonds. The van der Waals surface area contributed by atoms with Crippen LogP contribution in [0.2, 0.25) is 0 Å². The standard InChI is InChI=1S/C13H22N4/c1-2-5-10(6-3-1)13-15-12(16-17-13)9-11-7-4-8-14-11/h10-11,14H,1-9H2,(H,15,16,17). The Bertz CT molecular complexity index is 348. The highest BCUT2D eigenvalue weighted by molar-refractivity contribution is 5.00. The Kier molecular flexibility index (Phi) is 3.41. The molecule has 4 heteroatoms. The number of rotatable bonds is 3. The van der Waals surface area contributed by atoms with Crippen LogP contribution in [0.5, 0.6) is 0 Å². The van der Waals surface area contributed by atoms with Crippen molar-refractivity contribution in [3.63, 3.8) is 0 Å². The second kappa shape index (κ2) is 5.17. The Labute approximate surface area is 103 Å². The normalized spacial score (nSPS) is 26.5.